The number of aromatic nitrogens is 3. The van der Waals surface area contributed by atoms with Gasteiger partial charge in [0.1, 0.15) is 23.3 Å². The van der Waals surface area contributed by atoms with Crippen molar-refractivity contribution >= 4 is 11.6 Å². The van der Waals surface area contributed by atoms with Gasteiger partial charge in [-0.1, -0.05) is 11.6 Å². The van der Waals surface area contributed by atoms with Crippen LogP contribution in [-0.2, 0) is 0 Å². The lowest BCUT2D eigenvalue weighted by atomic mass is 10.1. The van der Waals surface area contributed by atoms with E-state index in [1.165, 1.54) is 12.7 Å². The fourth-order valence-electron chi connectivity index (χ4n) is 2.54. The fraction of sp³-hybridized carbons (Fsp3) is 0.400. The maximum absolute atomic E-state index is 6.16. The summed E-state index contributed by atoms with van der Waals surface area (Å²) < 4.78 is 5.99. The third-order valence-corrected chi connectivity index (χ3v) is 3.97. The molecule has 1 unspecified atom stereocenters. The van der Waals surface area contributed by atoms with Crippen LogP contribution in [-0.4, -0.2) is 33.6 Å². The Morgan fingerprint density at radius 1 is 1.33 bits per heavy atom. The molecule has 0 aromatic carbocycles. The normalized spacial score (nSPS) is 19.4. The Bertz CT molecular complexity index is 602. The molecule has 0 aliphatic carbocycles. The third-order valence-electron chi connectivity index (χ3n) is 3.67. The quantitative estimate of drug-likeness (QED) is 0.880. The van der Waals surface area contributed by atoms with Crippen molar-refractivity contribution in [2.24, 2.45) is 0 Å². The Morgan fingerprint density at radius 3 is 2.86 bits per heavy atom. The fourth-order valence-corrected chi connectivity index (χ4v) is 2.76. The molecular weight excluding hydrogens is 288 g/mol. The second-order valence-corrected chi connectivity index (χ2v) is 5.52. The molecule has 2 atom stereocenters. The number of nitrogens with zero attached hydrogens (tertiary/aromatic N) is 3. The molecule has 2 aromatic rings. The summed E-state index contributed by atoms with van der Waals surface area (Å²) in [6.07, 6.45) is 8.99. The van der Waals surface area contributed by atoms with Crippen LogP contribution >= 0.6 is 11.6 Å². The van der Waals surface area contributed by atoms with E-state index in [2.05, 4.69) is 27.2 Å². The van der Waals surface area contributed by atoms with Crippen molar-refractivity contribution < 1.29 is 4.74 Å². The van der Waals surface area contributed by atoms with Gasteiger partial charge < -0.3 is 10.1 Å². The maximum atomic E-state index is 6.16. The average molecular weight is 305 g/mol. The van der Waals surface area contributed by atoms with Gasteiger partial charge in [0, 0.05) is 29.6 Å². The first-order valence-electron chi connectivity index (χ1n) is 7.05. The van der Waals surface area contributed by atoms with E-state index in [1.807, 2.05) is 6.07 Å². The van der Waals surface area contributed by atoms with Crippen molar-refractivity contribution in [2.45, 2.75) is 31.9 Å². The van der Waals surface area contributed by atoms with Crippen LogP contribution in [0.1, 0.15) is 19.8 Å². The highest BCUT2D eigenvalue weighted by Crippen LogP contribution is 2.29. The maximum Gasteiger partial charge on any atom is 0.138 e. The minimum absolute atomic E-state index is 0.0929. The molecule has 3 rings (SSSR count). The number of pyridine rings is 1. The summed E-state index contributed by atoms with van der Waals surface area (Å²) in [5.41, 5.74) is 1.61. The molecular formula is C15H17ClN4O. The molecule has 3 heterocycles. The van der Waals surface area contributed by atoms with Gasteiger partial charge in [0.05, 0.1) is 6.20 Å². The van der Waals surface area contributed by atoms with E-state index in [1.54, 1.807) is 18.6 Å². The minimum atomic E-state index is 0.0929. The number of ether oxygens (including phenoxy) is 1. The Hall–Kier alpha value is -1.72. The van der Waals surface area contributed by atoms with Gasteiger partial charge in [-0.05, 0) is 32.4 Å². The van der Waals surface area contributed by atoms with Crippen LogP contribution in [0.4, 0.5) is 0 Å². The zero-order valence-corrected chi connectivity index (χ0v) is 12.5. The molecule has 1 N–H and O–H groups in total. The lowest BCUT2D eigenvalue weighted by molar-refractivity contribution is 0.179. The predicted molar refractivity (Wildman–Crippen MR) is 81.4 cm³/mol. The van der Waals surface area contributed by atoms with Crippen LogP contribution < -0.4 is 10.1 Å². The summed E-state index contributed by atoms with van der Waals surface area (Å²) in [5, 5.41) is 3.86. The highest BCUT2D eigenvalue weighted by Gasteiger charge is 2.22. The van der Waals surface area contributed by atoms with Crippen molar-refractivity contribution in [3.63, 3.8) is 0 Å². The monoisotopic (exact) mass is 304 g/mol. The van der Waals surface area contributed by atoms with Gasteiger partial charge in [-0.2, -0.15) is 0 Å². The van der Waals surface area contributed by atoms with Crippen LogP contribution in [0.25, 0.3) is 11.1 Å². The third kappa shape index (κ3) is 3.31. The number of hydrogen-bond donors (Lipinski definition) is 1. The lowest BCUT2D eigenvalue weighted by Gasteiger charge is -2.21. The number of halogens is 1. The highest BCUT2D eigenvalue weighted by atomic mass is 35.5. The first-order chi connectivity index (χ1) is 10.2. The van der Waals surface area contributed by atoms with Crippen LogP contribution in [0.2, 0.25) is 5.15 Å². The van der Waals surface area contributed by atoms with E-state index in [0.29, 0.717) is 16.9 Å². The van der Waals surface area contributed by atoms with E-state index in [4.69, 9.17) is 16.3 Å². The smallest absolute Gasteiger partial charge is 0.138 e. The van der Waals surface area contributed by atoms with Crippen LogP contribution in [0.15, 0.2) is 31.0 Å². The molecule has 110 valence electrons. The van der Waals surface area contributed by atoms with E-state index < -0.39 is 0 Å². The van der Waals surface area contributed by atoms with Gasteiger partial charge in [-0.3, -0.25) is 0 Å². The zero-order chi connectivity index (χ0) is 14.7. The Kier molecular flexibility index (Phi) is 4.31. The first kappa shape index (κ1) is 14.2. The lowest BCUT2D eigenvalue weighted by Crippen LogP contribution is -2.36. The molecule has 2 aromatic heterocycles. The van der Waals surface area contributed by atoms with Gasteiger partial charge >= 0.3 is 0 Å². The van der Waals surface area contributed by atoms with E-state index in [9.17, 15) is 0 Å². The molecule has 6 heteroatoms. The van der Waals surface area contributed by atoms with Gasteiger partial charge in [0.25, 0.3) is 0 Å². The summed E-state index contributed by atoms with van der Waals surface area (Å²) in [5.74, 6) is 0.708. The minimum Gasteiger partial charge on any atom is -0.487 e. The summed E-state index contributed by atoms with van der Waals surface area (Å²) in [6, 6.07) is 2.28. The van der Waals surface area contributed by atoms with Crippen LogP contribution in [0, 0.1) is 0 Å². The number of nitrogens with one attached hydrogen (secondary N) is 1. The van der Waals surface area contributed by atoms with Gasteiger partial charge in [0.15, 0.2) is 0 Å². The second kappa shape index (κ2) is 6.37. The van der Waals surface area contributed by atoms with Crippen LogP contribution in [0.3, 0.4) is 0 Å². The Balaban J connectivity index is 1.80. The van der Waals surface area contributed by atoms with Crippen molar-refractivity contribution in [3.05, 3.63) is 36.1 Å². The van der Waals surface area contributed by atoms with Crippen molar-refractivity contribution in [2.75, 3.05) is 6.54 Å². The molecule has 1 aliphatic rings. The molecule has 0 saturated carbocycles. The summed E-state index contributed by atoms with van der Waals surface area (Å²) >= 11 is 6.16. The molecule has 21 heavy (non-hydrogen) atoms. The second-order valence-electron chi connectivity index (χ2n) is 5.16. The summed E-state index contributed by atoms with van der Waals surface area (Å²) in [6.45, 7) is 3.13. The molecule has 1 saturated heterocycles. The van der Waals surface area contributed by atoms with E-state index >= 15 is 0 Å². The molecule has 1 aliphatic heterocycles. The Labute approximate surface area is 128 Å². The molecule has 0 amide bonds. The topological polar surface area (TPSA) is 59.9 Å². The Morgan fingerprint density at radius 2 is 2.14 bits per heavy atom. The number of hydrogen-bond acceptors (Lipinski definition) is 5. The van der Waals surface area contributed by atoms with Gasteiger partial charge in [-0.15, -0.1) is 0 Å². The zero-order valence-electron chi connectivity index (χ0n) is 11.8. The summed E-state index contributed by atoms with van der Waals surface area (Å²) in [7, 11) is 0. The van der Waals surface area contributed by atoms with E-state index in [-0.39, 0.29) is 6.10 Å². The highest BCUT2D eigenvalue weighted by molar-refractivity contribution is 6.32. The standard InChI is InChI=1S/C15H17ClN4O/c1-10(14-3-2-4-19-14)21-12-5-13(15(16)20-8-12)11-6-17-9-18-7-11/h5-10,14,19H,2-4H2,1H3/t10?,14-/m1/s1. The first-order valence-corrected chi connectivity index (χ1v) is 7.43. The van der Waals surface area contributed by atoms with Crippen molar-refractivity contribution in [1.82, 2.24) is 20.3 Å². The number of rotatable bonds is 4. The van der Waals surface area contributed by atoms with Crippen molar-refractivity contribution in [3.8, 4) is 16.9 Å². The summed E-state index contributed by atoms with van der Waals surface area (Å²) in [4.78, 5) is 12.2. The molecule has 0 bridgehead atoms. The average Bonchev–Trinajstić information content (AvgIpc) is 3.04. The largest absolute Gasteiger partial charge is 0.487 e. The molecule has 0 radical (unpaired) electrons. The SMILES string of the molecule is CC(Oc1cnc(Cl)c(-c2cncnc2)c1)[C@H]1CCCN1. The van der Waals surface area contributed by atoms with Gasteiger partial charge in [0.2, 0.25) is 0 Å². The van der Waals surface area contributed by atoms with Gasteiger partial charge in [-0.25, -0.2) is 15.0 Å². The molecule has 5 nitrogen and oxygen atoms in total. The predicted octanol–water partition coefficient (Wildman–Crippen LogP) is 2.71. The van der Waals surface area contributed by atoms with Crippen LogP contribution in [0.5, 0.6) is 5.75 Å². The van der Waals surface area contributed by atoms with E-state index in [0.717, 1.165) is 24.1 Å². The molecule has 1 fully saturated rings. The molecule has 0 spiro atoms. The van der Waals surface area contributed by atoms with Crippen molar-refractivity contribution in [1.29, 1.82) is 0 Å².